The molecule has 0 bridgehead atoms. The molecule has 1 aromatic carbocycles. The summed E-state index contributed by atoms with van der Waals surface area (Å²) in [6.45, 7) is 1.53. The first-order valence-electron chi connectivity index (χ1n) is 6.94. The summed E-state index contributed by atoms with van der Waals surface area (Å²) in [6.07, 6.45) is 0. The van der Waals surface area contributed by atoms with Crippen LogP contribution in [0.3, 0.4) is 0 Å². The molecule has 130 valence electrons. The van der Waals surface area contributed by atoms with E-state index in [4.69, 9.17) is 11.6 Å². The molecule has 10 heteroatoms. The number of H-pyrrole nitrogens is 2. The first-order chi connectivity index (χ1) is 11.3. The van der Waals surface area contributed by atoms with Gasteiger partial charge in [0.15, 0.2) is 4.90 Å². The van der Waals surface area contributed by atoms with Crippen molar-refractivity contribution in [3.8, 4) is 0 Å². The predicted octanol–water partition coefficient (Wildman–Crippen LogP) is 1.24. The smallest absolute Gasteiger partial charge is 0.310 e. The van der Waals surface area contributed by atoms with Crippen LogP contribution in [0.25, 0.3) is 0 Å². The molecule has 2 aromatic rings. The molecular formula is C14H16ClN3O4S2. The molecule has 2 rings (SSSR count). The van der Waals surface area contributed by atoms with Gasteiger partial charge in [-0.3, -0.25) is 9.78 Å². The maximum Gasteiger partial charge on any atom is 0.325 e. The van der Waals surface area contributed by atoms with Crippen LogP contribution in [0, 0.1) is 6.92 Å². The molecule has 0 radical (unpaired) electrons. The normalized spacial score (nSPS) is 11.6. The van der Waals surface area contributed by atoms with Gasteiger partial charge in [0.25, 0.3) is 5.56 Å². The summed E-state index contributed by atoms with van der Waals surface area (Å²) in [5.74, 6) is 1.25. The molecular weight excluding hydrogens is 374 g/mol. The fraction of sp³-hybridized carbons (Fsp3) is 0.286. The Morgan fingerprint density at radius 3 is 2.46 bits per heavy atom. The minimum absolute atomic E-state index is 0.00469. The summed E-state index contributed by atoms with van der Waals surface area (Å²) in [7, 11) is -3.98. The van der Waals surface area contributed by atoms with E-state index >= 15 is 0 Å². The summed E-state index contributed by atoms with van der Waals surface area (Å²) >= 11 is 7.35. The van der Waals surface area contributed by atoms with Crippen molar-refractivity contribution >= 4 is 33.4 Å². The van der Waals surface area contributed by atoms with E-state index in [2.05, 4.69) is 9.71 Å². The lowest BCUT2D eigenvalue weighted by molar-refractivity contribution is 0.580. The zero-order valence-corrected chi connectivity index (χ0v) is 15.1. The Morgan fingerprint density at radius 1 is 1.17 bits per heavy atom. The summed E-state index contributed by atoms with van der Waals surface area (Å²) in [6, 6.07) is 7.40. The van der Waals surface area contributed by atoms with Crippen molar-refractivity contribution < 1.29 is 8.42 Å². The maximum absolute atomic E-state index is 12.2. The number of hydrogen-bond donors (Lipinski definition) is 3. The quantitative estimate of drug-likeness (QED) is 0.617. The second-order valence-electron chi connectivity index (χ2n) is 4.94. The van der Waals surface area contributed by atoms with E-state index in [1.807, 2.05) is 17.1 Å². The number of aromatic nitrogens is 2. The second-order valence-corrected chi connectivity index (χ2v) is 8.18. The molecule has 1 heterocycles. The van der Waals surface area contributed by atoms with Gasteiger partial charge in [-0.1, -0.05) is 23.7 Å². The van der Waals surface area contributed by atoms with Crippen LogP contribution >= 0.6 is 23.4 Å². The van der Waals surface area contributed by atoms with Crippen LogP contribution in [-0.2, 0) is 15.8 Å². The van der Waals surface area contributed by atoms with Crippen LogP contribution in [0.5, 0.6) is 0 Å². The van der Waals surface area contributed by atoms with Gasteiger partial charge in [-0.05, 0) is 24.6 Å². The van der Waals surface area contributed by atoms with Gasteiger partial charge < -0.3 is 4.98 Å². The van der Waals surface area contributed by atoms with Crippen molar-refractivity contribution in [3.63, 3.8) is 0 Å². The zero-order valence-electron chi connectivity index (χ0n) is 12.8. The second kappa shape index (κ2) is 8.02. The lowest BCUT2D eigenvalue weighted by atomic mass is 10.2. The maximum atomic E-state index is 12.2. The molecule has 0 amide bonds. The number of aromatic amines is 2. The van der Waals surface area contributed by atoms with Gasteiger partial charge in [0, 0.05) is 28.8 Å². The number of thioether (sulfide) groups is 1. The van der Waals surface area contributed by atoms with Crippen molar-refractivity contribution in [1.82, 2.24) is 14.7 Å². The summed E-state index contributed by atoms with van der Waals surface area (Å²) in [4.78, 5) is 26.5. The molecule has 0 spiro atoms. The Balaban J connectivity index is 1.91. The Hall–Kier alpha value is -1.55. The van der Waals surface area contributed by atoms with Gasteiger partial charge in [-0.2, -0.15) is 11.8 Å². The third kappa shape index (κ3) is 4.97. The lowest BCUT2D eigenvalue weighted by Crippen LogP contribution is -2.35. The Morgan fingerprint density at radius 2 is 1.83 bits per heavy atom. The molecule has 1 aromatic heterocycles. The van der Waals surface area contributed by atoms with Crippen molar-refractivity contribution in [2.24, 2.45) is 0 Å². The summed E-state index contributed by atoms with van der Waals surface area (Å²) in [5.41, 5.74) is -0.585. The molecule has 0 fully saturated rings. The molecule has 0 atom stereocenters. The molecule has 0 saturated carbocycles. The topological polar surface area (TPSA) is 112 Å². The molecule has 0 aliphatic rings. The fourth-order valence-electron chi connectivity index (χ4n) is 2.00. The number of nitrogens with one attached hydrogen (secondary N) is 3. The molecule has 0 saturated heterocycles. The van der Waals surface area contributed by atoms with Crippen molar-refractivity contribution in [2.75, 3.05) is 12.3 Å². The molecule has 24 heavy (non-hydrogen) atoms. The van der Waals surface area contributed by atoms with Gasteiger partial charge in [-0.15, -0.1) is 0 Å². The highest BCUT2D eigenvalue weighted by Gasteiger charge is 2.21. The van der Waals surface area contributed by atoms with E-state index in [1.54, 1.807) is 23.9 Å². The standard InChI is InChI=1S/C14H16ClN3O4S2/c1-9-12(13(19)18-14(20)17-9)24(21,22)16-6-7-23-8-10-2-4-11(15)5-3-10/h2-5,16H,6-8H2,1H3,(H2,17,18,19,20). The fourth-order valence-corrected chi connectivity index (χ4v) is 4.34. The zero-order chi connectivity index (χ0) is 17.7. The minimum atomic E-state index is -3.98. The van der Waals surface area contributed by atoms with Gasteiger partial charge in [0.1, 0.15) is 0 Å². The number of rotatable bonds is 7. The van der Waals surface area contributed by atoms with E-state index in [1.165, 1.54) is 6.92 Å². The van der Waals surface area contributed by atoms with Crippen LogP contribution in [0.1, 0.15) is 11.3 Å². The van der Waals surface area contributed by atoms with Crippen LogP contribution in [0.15, 0.2) is 38.8 Å². The Bertz CT molecular complexity index is 920. The largest absolute Gasteiger partial charge is 0.325 e. The molecule has 0 aliphatic heterocycles. The van der Waals surface area contributed by atoms with E-state index < -0.39 is 26.2 Å². The lowest BCUT2D eigenvalue weighted by Gasteiger charge is -2.08. The summed E-state index contributed by atoms with van der Waals surface area (Å²) in [5, 5.41) is 0.665. The van der Waals surface area contributed by atoms with Crippen molar-refractivity contribution in [1.29, 1.82) is 0 Å². The highest BCUT2D eigenvalue weighted by atomic mass is 35.5. The molecule has 0 aliphatic carbocycles. The van der Waals surface area contributed by atoms with Crippen LogP contribution in [0.2, 0.25) is 5.02 Å². The average Bonchev–Trinajstić information content (AvgIpc) is 2.47. The monoisotopic (exact) mass is 389 g/mol. The first kappa shape index (κ1) is 18.8. The minimum Gasteiger partial charge on any atom is -0.310 e. The highest BCUT2D eigenvalue weighted by Crippen LogP contribution is 2.15. The summed E-state index contributed by atoms with van der Waals surface area (Å²) < 4.78 is 26.7. The van der Waals surface area contributed by atoms with E-state index in [9.17, 15) is 18.0 Å². The van der Waals surface area contributed by atoms with Crippen molar-refractivity contribution in [2.45, 2.75) is 17.6 Å². The number of hydrogen-bond acceptors (Lipinski definition) is 5. The van der Waals surface area contributed by atoms with Gasteiger partial charge >= 0.3 is 5.69 Å². The third-order valence-electron chi connectivity index (χ3n) is 3.06. The van der Waals surface area contributed by atoms with Gasteiger partial charge in [0.2, 0.25) is 10.0 Å². The third-order valence-corrected chi connectivity index (χ3v) is 5.96. The SMILES string of the molecule is Cc1[nH]c(=O)[nH]c(=O)c1S(=O)(=O)NCCSCc1ccc(Cl)cc1. The van der Waals surface area contributed by atoms with E-state index in [-0.39, 0.29) is 12.2 Å². The molecule has 7 nitrogen and oxygen atoms in total. The number of sulfonamides is 1. The number of benzene rings is 1. The van der Waals surface area contributed by atoms with Crippen LogP contribution in [0.4, 0.5) is 0 Å². The number of aryl methyl sites for hydroxylation is 1. The Labute approximate surface area is 147 Å². The first-order valence-corrected chi connectivity index (χ1v) is 9.96. The molecule has 0 unspecified atom stereocenters. The van der Waals surface area contributed by atoms with E-state index in [0.717, 1.165) is 11.3 Å². The Kier molecular flexibility index (Phi) is 6.27. The molecule has 3 N–H and O–H groups in total. The van der Waals surface area contributed by atoms with Crippen molar-refractivity contribution in [3.05, 3.63) is 61.4 Å². The average molecular weight is 390 g/mol. The highest BCUT2D eigenvalue weighted by molar-refractivity contribution is 7.98. The van der Waals surface area contributed by atoms with Gasteiger partial charge in [0.05, 0.1) is 0 Å². The van der Waals surface area contributed by atoms with E-state index in [0.29, 0.717) is 10.8 Å². The van der Waals surface area contributed by atoms with Gasteiger partial charge in [-0.25, -0.2) is 17.9 Å². The van der Waals surface area contributed by atoms with Crippen LogP contribution in [-0.4, -0.2) is 30.7 Å². The predicted molar refractivity (Wildman–Crippen MR) is 95.2 cm³/mol. The number of halogens is 1. The van der Waals surface area contributed by atoms with Crippen LogP contribution < -0.4 is 16.0 Å².